The van der Waals surface area contributed by atoms with E-state index >= 15 is 0 Å². The van der Waals surface area contributed by atoms with Crippen LogP contribution in [-0.2, 0) is 13.1 Å². The Kier molecular flexibility index (Phi) is 6.96. The number of aromatic nitrogens is 5. The van der Waals surface area contributed by atoms with Gasteiger partial charge in [-0.1, -0.05) is 57.0 Å². The number of nitrogens with zero attached hydrogens (tertiary/aromatic N) is 5. The van der Waals surface area contributed by atoms with E-state index in [-0.39, 0.29) is 23.3 Å². The molecule has 1 fully saturated rings. The zero-order valence-corrected chi connectivity index (χ0v) is 21.1. The lowest BCUT2D eigenvalue weighted by molar-refractivity contribution is 0.0844. The number of fused-ring (bicyclic) bond motifs is 1. The van der Waals surface area contributed by atoms with Gasteiger partial charge in [0.05, 0.1) is 18.1 Å². The van der Waals surface area contributed by atoms with Crippen molar-refractivity contribution < 1.29 is 4.39 Å². The maximum absolute atomic E-state index is 13.4. The summed E-state index contributed by atoms with van der Waals surface area (Å²) < 4.78 is 15.2. The molecule has 2 aromatic heterocycles. The van der Waals surface area contributed by atoms with Crippen LogP contribution in [-0.4, -0.2) is 36.1 Å². The van der Waals surface area contributed by atoms with E-state index in [0.717, 1.165) is 46.3 Å². The highest BCUT2D eigenvalue weighted by Crippen LogP contribution is 2.36. The summed E-state index contributed by atoms with van der Waals surface area (Å²) in [7, 11) is 0. The Labute approximate surface area is 210 Å². The molecule has 5 rings (SSSR count). The molecule has 188 valence electrons. The zero-order chi connectivity index (χ0) is 25.2. The molecule has 0 saturated heterocycles. The highest BCUT2D eigenvalue weighted by Gasteiger charge is 2.35. The van der Waals surface area contributed by atoms with Crippen molar-refractivity contribution in [1.29, 1.82) is 0 Å². The van der Waals surface area contributed by atoms with Gasteiger partial charge in [-0.2, -0.15) is 0 Å². The van der Waals surface area contributed by atoms with Crippen LogP contribution in [0.5, 0.6) is 0 Å². The maximum Gasteiger partial charge on any atom is 0.252 e. The summed E-state index contributed by atoms with van der Waals surface area (Å²) in [5.41, 5.74) is 3.59. The van der Waals surface area contributed by atoms with Crippen LogP contribution in [0.3, 0.4) is 0 Å². The summed E-state index contributed by atoms with van der Waals surface area (Å²) in [6.07, 6.45) is 4.54. The lowest BCUT2D eigenvalue weighted by atomic mass is 9.97. The standard InChI is InChI=1S/C28H33FN6O/c1-18(2)26(27-31-32-33-35(27)16-20-11-13-23(29)14-12-20)34(24-9-4-5-10-24)17-22-15-21-8-6-7-19(3)25(21)30-28(22)36/h6-8,11-15,18,24,26H,4-5,9-10,16-17H2,1-3H3,(H,30,36)/t26-/m0/s1. The number of aromatic amines is 1. The number of tetrazole rings is 1. The summed E-state index contributed by atoms with van der Waals surface area (Å²) in [5, 5.41) is 13.8. The number of rotatable bonds is 8. The average molecular weight is 489 g/mol. The van der Waals surface area contributed by atoms with E-state index in [1.807, 2.05) is 35.9 Å². The molecule has 0 spiro atoms. The topological polar surface area (TPSA) is 79.7 Å². The molecule has 7 nitrogen and oxygen atoms in total. The molecule has 1 saturated carbocycles. The minimum atomic E-state index is -0.265. The molecule has 0 amide bonds. The Morgan fingerprint density at radius 3 is 2.61 bits per heavy atom. The first-order valence-corrected chi connectivity index (χ1v) is 12.8. The van der Waals surface area contributed by atoms with Crippen LogP contribution in [0.4, 0.5) is 4.39 Å². The highest BCUT2D eigenvalue weighted by molar-refractivity contribution is 5.81. The number of hydrogen-bond acceptors (Lipinski definition) is 5. The van der Waals surface area contributed by atoms with Crippen molar-refractivity contribution in [3.63, 3.8) is 0 Å². The number of para-hydroxylation sites is 1. The molecule has 2 heterocycles. The summed E-state index contributed by atoms with van der Waals surface area (Å²) >= 11 is 0. The second-order valence-corrected chi connectivity index (χ2v) is 10.3. The molecular weight excluding hydrogens is 455 g/mol. The SMILES string of the molecule is Cc1cccc2cc(CN(C3CCCC3)[C@H](c3nnnn3Cc3ccc(F)cc3)C(C)C)c(=O)[nH]c12. The fraction of sp³-hybridized carbons (Fsp3) is 0.429. The fourth-order valence-corrected chi connectivity index (χ4v) is 5.56. The predicted molar refractivity (Wildman–Crippen MR) is 138 cm³/mol. The monoisotopic (exact) mass is 488 g/mol. The molecule has 0 bridgehead atoms. The number of halogens is 1. The van der Waals surface area contributed by atoms with E-state index in [1.54, 1.807) is 12.1 Å². The van der Waals surface area contributed by atoms with Crippen molar-refractivity contribution in [1.82, 2.24) is 30.1 Å². The van der Waals surface area contributed by atoms with Crippen molar-refractivity contribution in [2.75, 3.05) is 0 Å². The lowest BCUT2D eigenvalue weighted by Crippen LogP contribution is -2.41. The van der Waals surface area contributed by atoms with Crippen molar-refractivity contribution in [3.05, 3.63) is 87.2 Å². The maximum atomic E-state index is 13.4. The second kappa shape index (κ2) is 10.3. The molecule has 1 aliphatic rings. The number of pyridine rings is 1. The van der Waals surface area contributed by atoms with E-state index in [1.165, 1.54) is 25.0 Å². The Morgan fingerprint density at radius 1 is 1.14 bits per heavy atom. The molecule has 0 unspecified atom stereocenters. The van der Waals surface area contributed by atoms with Crippen LogP contribution < -0.4 is 5.56 Å². The van der Waals surface area contributed by atoms with Crippen molar-refractivity contribution in [2.45, 2.75) is 71.6 Å². The fourth-order valence-electron chi connectivity index (χ4n) is 5.56. The summed E-state index contributed by atoms with van der Waals surface area (Å²) in [4.78, 5) is 18.7. The van der Waals surface area contributed by atoms with Gasteiger partial charge in [0.2, 0.25) is 0 Å². The van der Waals surface area contributed by atoms with Crippen LogP contribution in [0.25, 0.3) is 10.9 Å². The third-order valence-corrected chi connectivity index (χ3v) is 7.37. The molecule has 36 heavy (non-hydrogen) atoms. The smallest absolute Gasteiger partial charge is 0.252 e. The highest BCUT2D eigenvalue weighted by atomic mass is 19.1. The van der Waals surface area contributed by atoms with Gasteiger partial charge in [0.1, 0.15) is 5.82 Å². The van der Waals surface area contributed by atoms with E-state index in [2.05, 4.69) is 39.3 Å². The molecule has 4 aromatic rings. The minimum absolute atomic E-state index is 0.0480. The van der Waals surface area contributed by atoms with E-state index in [0.29, 0.717) is 19.1 Å². The quantitative estimate of drug-likeness (QED) is 0.371. The van der Waals surface area contributed by atoms with Crippen molar-refractivity contribution in [2.24, 2.45) is 5.92 Å². The van der Waals surface area contributed by atoms with Gasteiger partial charge in [0.15, 0.2) is 5.82 Å². The average Bonchev–Trinajstić information content (AvgIpc) is 3.54. The minimum Gasteiger partial charge on any atom is -0.321 e. The van der Waals surface area contributed by atoms with Crippen LogP contribution in [0, 0.1) is 18.7 Å². The molecule has 0 aliphatic heterocycles. The van der Waals surface area contributed by atoms with Gasteiger partial charge < -0.3 is 4.98 Å². The third kappa shape index (κ3) is 4.95. The molecular formula is C28H33FN6O. The molecule has 1 N–H and O–H groups in total. The molecule has 0 radical (unpaired) electrons. The normalized spacial score (nSPS) is 15.4. The number of benzene rings is 2. The third-order valence-electron chi connectivity index (χ3n) is 7.37. The molecule has 1 atom stereocenters. The Morgan fingerprint density at radius 2 is 1.89 bits per heavy atom. The first-order chi connectivity index (χ1) is 17.4. The largest absolute Gasteiger partial charge is 0.321 e. The van der Waals surface area contributed by atoms with E-state index in [9.17, 15) is 9.18 Å². The van der Waals surface area contributed by atoms with Crippen LogP contribution in [0.1, 0.15) is 68.1 Å². The van der Waals surface area contributed by atoms with Gasteiger partial charge in [-0.3, -0.25) is 9.69 Å². The van der Waals surface area contributed by atoms with Crippen LogP contribution in [0.15, 0.2) is 53.3 Å². The molecule has 2 aromatic carbocycles. The number of H-pyrrole nitrogens is 1. The van der Waals surface area contributed by atoms with Gasteiger partial charge in [-0.05, 0) is 70.8 Å². The Balaban J connectivity index is 1.53. The van der Waals surface area contributed by atoms with Gasteiger partial charge >= 0.3 is 0 Å². The lowest BCUT2D eigenvalue weighted by Gasteiger charge is -2.38. The summed E-state index contributed by atoms with van der Waals surface area (Å²) in [5.74, 6) is 0.721. The first kappa shape index (κ1) is 24.3. The van der Waals surface area contributed by atoms with Gasteiger partial charge in [-0.25, -0.2) is 9.07 Å². The van der Waals surface area contributed by atoms with Crippen LogP contribution in [0.2, 0.25) is 0 Å². The number of nitrogens with one attached hydrogen (secondary N) is 1. The molecule has 1 aliphatic carbocycles. The summed E-state index contributed by atoms with van der Waals surface area (Å²) in [6.45, 7) is 7.35. The Bertz CT molecular complexity index is 1390. The molecule has 8 heteroatoms. The van der Waals surface area contributed by atoms with Crippen molar-refractivity contribution in [3.8, 4) is 0 Å². The van der Waals surface area contributed by atoms with Gasteiger partial charge in [0, 0.05) is 18.2 Å². The zero-order valence-electron chi connectivity index (χ0n) is 21.1. The van der Waals surface area contributed by atoms with Crippen molar-refractivity contribution >= 4 is 10.9 Å². The van der Waals surface area contributed by atoms with Gasteiger partial charge in [0.25, 0.3) is 5.56 Å². The second-order valence-electron chi connectivity index (χ2n) is 10.3. The van der Waals surface area contributed by atoms with E-state index < -0.39 is 0 Å². The Hall–Kier alpha value is -3.39. The van der Waals surface area contributed by atoms with Gasteiger partial charge in [-0.15, -0.1) is 5.10 Å². The predicted octanol–water partition coefficient (Wildman–Crippen LogP) is 5.15. The first-order valence-electron chi connectivity index (χ1n) is 12.8. The summed E-state index contributed by atoms with van der Waals surface area (Å²) in [6, 6.07) is 14.8. The van der Waals surface area contributed by atoms with Crippen LogP contribution >= 0.6 is 0 Å². The number of aryl methyl sites for hydroxylation is 1. The van der Waals surface area contributed by atoms with E-state index in [4.69, 9.17) is 0 Å². The number of hydrogen-bond donors (Lipinski definition) is 1.